The molecule has 58 heavy (non-hydrogen) atoms. The van der Waals surface area contributed by atoms with E-state index in [2.05, 4.69) is 128 Å². The second-order valence-corrected chi connectivity index (χ2v) is 14.8. The van der Waals surface area contributed by atoms with Crippen molar-refractivity contribution in [1.29, 1.82) is 0 Å². The van der Waals surface area contributed by atoms with Gasteiger partial charge in [-0.05, 0) is 96.3 Å². The Morgan fingerprint density at radius 2 is 0.914 bits per heavy atom. The van der Waals surface area contributed by atoms with Crippen molar-refractivity contribution < 1.29 is 47.5 Å². The number of allylic oxidation sites excluding steroid dienone is 18. The maximum atomic E-state index is 12.6. The Kier molecular flexibility index (Phi) is 37.3. The summed E-state index contributed by atoms with van der Waals surface area (Å²) in [5.41, 5.74) is 5.32. The molecule has 0 spiro atoms. The molecule has 326 valence electrons. The van der Waals surface area contributed by atoms with Crippen molar-refractivity contribution >= 4 is 25.7 Å². The van der Waals surface area contributed by atoms with Crippen LogP contribution < -0.4 is 5.73 Å². The minimum atomic E-state index is -4.74. The molecule has 4 N–H and O–H groups in total. The van der Waals surface area contributed by atoms with Gasteiger partial charge in [0.2, 0.25) is 0 Å². The number of carbonyl (C=O) groups excluding carboxylic acids is 2. The van der Waals surface area contributed by atoms with Gasteiger partial charge in [0.05, 0.1) is 13.2 Å². The van der Waals surface area contributed by atoms with Crippen LogP contribution in [-0.4, -0.2) is 59.9 Å². The molecule has 0 saturated heterocycles. The van der Waals surface area contributed by atoms with E-state index in [4.69, 9.17) is 24.8 Å². The molecule has 12 heteroatoms. The Balaban J connectivity index is 4.53. The van der Waals surface area contributed by atoms with Gasteiger partial charge in [-0.15, -0.1) is 0 Å². The van der Waals surface area contributed by atoms with Crippen molar-refractivity contribution in [3.63, 3.8) is 0 Å². The second kappa shape index (κ2) is 39.9. The number of nitrogens with two attached hydrogens (primary N) is 1. The number of phosphoric ester groups is 1. The number of carboxylic acids is 1. The molecule has 3 atom stereocenters. The smallest absolute Gasteiger partial charge is 0.472 e. The molecule has 0 saturated carbocycles. The van der Waals surface area contributed by atoms with Crippen LogP contribution in [0.3, 0.4) is 0 Å². The molecule has 11 nitrogen and oxygen atoms in total. The fourth-order valence-electron chi connectivity index (χ4n) is 4.79. The summed E-state index contributed by atoms with van der Waals surface area (Å²) in [6, 6.07) is -1.54. The molecule has 0 radical (unpaired) electrons. The SMILES string of the molecule is CC/C=C/C/C=C/C/C=C/C/C=C/C/C=C/CCCCCC(=O)OC[C@H](COP(=O)(O)OC[C@H](N)C(=O)O)OC(=O)CCCC/C=C/C/C=C/C/C=C/C/C=C/CC. The highest BCUT2D eigenvalue weighted by Gasteiger charge is 2.28. The van der Waals surface area contributed by atoms with Gasteiger partial charge in [-0.1, -0.05) is 130 Å². The standard InChI is InChI=1S/C46H72NO10P/c1-3-5-7-9-11-13-15-17-19-20-21-22-24-25-27-29-31-33-35-37-44(48)54-39-42(40-55-58(52,53)56-41-43(47)46(50)51)57-45(49)38-36-34-32-30-28-26-23-18-16-14-12-10-8-6-4-2/h5-8,11-14,17-19,21-23,25,27-28,30,42-43H,3-4,9-10,15-16,20,24,26,29,31-41,47H2,1-2H3,(H,50,51)(H,52,53)/b7-5+,8-6+,13-11+,14-12+,19-17+,22-21+,23-18+,27-25+,30-28+/t42-,43+/m1/s1. The summed E-state index contributed by atoms with van der Waals surface area (Å²) in [4.78, 5) is 45.9. The summed E-state index contributed by atoms with van der Waals surface area (Å²) in [7, 11) is -4.74. The average Bonchev–Trinajstić information content (AvgIpc) is 3.20. The normalized spacial score (nSPS) is 14.8. The second-order valence-electron chi connectivity index (χ2n) is 13.4. The first-order chi connectivity index (χ1) is 28.1. The Bertz CT molecular complexity index is 1390. The van der Waals surface area contributed by atoms with Gasteiger partial charge in [-0.2, -0.15) is 0 Å². The van der Waals surface area contributed by atoms with Gasteiger partial charge >= 0.3 is 25.7 Å². The van der Waals surface area contributed by atoms with Crippen LogP contribution in [-0.2, 0) is 37.5 Å². The zero-order valence-corrected chi connectivity index (χ0v) is 36.0. The average molecular weight is 830 g/mol. The summed E-state index contributed by atoms with van der Waals surface area (Å²) in [6.07, 6.45) is 51.6. The monoisotopic (exact) mass is 829 g/mol. The van der Waals surface area contributed by atoms with E-state index in [9.17, 15) is 23.8 Å². The Morgan fingerprint density at radius 3 is 1.36 bits per heavy atom. The van der Waals surface area contributed by atoms with Gasteiger partial charge in [0, 0.05) is 12.8 Å². The number of unbranched alkanes of at least 4 members (excludes halogenated alkanes) is 5. The molecular formula is C46H72NO10P. The van der Waals surface area contributed by atoms with Crippen LogP contribution in [0.25, 0.3) is 0 Å². The number of ether oxygens (including phenoxy) is 2. The quantitative estimate of drug-likeness (QED) is 0.0235. The number of rotatable bonds is 37. The molecule has 0 aromatic rings. The van der Waals surface area contributed by atoms with Gasteiger partial charge in [0.1, 0.15) is 12.6 Å². The van der Waals surface area contributed by atoms with E-state index in [0.717, 1.165) is 89.9 Å². The van der Waals surface area contributed by atoms with Crippen LogP contribution in [0.2, 0.25) is 0 Å². The first-order valence-electron chi connectivity index (χ1n) is 20.9. The van der Waals surface area contributed by atoms with E-state index >= 15 is 0 Å². The van der Waals surface area contributed by atoms with Gasteiger partial charge in [-0.3, -0.25) is 23.4 Å². The fraction of sp³-hybridized carbons (Fsp3) is 0.543. The molecule has 0 aliphatic rings. The molecule has 0 aliphatic carbocycles. The van der Waals surface area contributed by atoms with Crippen molar-refractivity contribution in [3.8, 4) is 0 Å². The number of phosphoric acid groups is 1. The van der Waals surface area contributed by atoms with E-state index in [-0.39, 0.29) is 19.4 Å². The van der Waals surface area contributed by atoms with Gasteiger partial charge in [0.25, 0.3) is 0 Å². The summed E-state index contributed by atoms with van der Waals surface area (Å²) < 4.78 is 32.6. The molecule has 0 heterocycles. The molecular weight excluding hydrogens is 757 g/mol. The van der Waals surface area contributed by atoms with Crippen LogP contribution in [0.5, 0.6) is 0 Å². The molecule has 1 unspecified atom stereocenters. The number of hydrogen-bond donors (Lipinski definition) is 3. The highest BCUT2D eigenvalue weighted by Crippen LogP contribution is 2.43. The highest BCUT2D eigenvalue weighted by atomic mass is 31.2. The van der Waals surface area contributed by atoms with Crippen LogP contribution in [0.4, 0.5) is 0 Å². The van der Waals surface area contributed by atoms with Gasteiger partial charge < -0.3 is 25.2 Å². The van der Waals surface area contributed by atoms with E-state index < -0.39 is 51.1 Å². The number of aliphatic carboxylic acids is 1. The molecule has 0 aromatic carbocycles. The van der Waals surface area contributed by atoms with Crippen molar-refractivity contribution in [2.24, 2.45) is 5.73 Å². The molecule has 0 bridgehead atoms. The molecule has 0 aliphatic heterocycles. The van der Waals surface area contributed by atoms with E-state index in [1.165, 1.54) is 0 Å². The van der Waals surface area contributed by atoms with Crippen LogP contribution in [0.15, 0.2) is 109 Å². The summed E-state index contributed by atoms with van der Waals surface area (Å²) in [6.45, 7) is 2.46. The summed E-state index contributed by atoms with van der Waals surface area (Å²) in [5.74, 6) is -2.49. The predicted molar refractivity (Wildman–Crippen MR) is 235 cm³/mol. The maximum Gasteiger partial charge on any atom is 0.472 e. The molecule has 0 rings (SSSR count). The zero-order chi connectivity index (χ0) is 42.8. The lowest BCUT2D eigenvalue weighted by molar-refractivity contribution is -0.161. The van der Waals surface area contributed by atoms with Crippen LogP contribution in [0, 0.1) is 0 Å². The largest absolute Gasteiger partial charge is 0.480 e. The van der Waals surface area contributed by atoms with Crippen LogP contribution >= 0.6 is 7.82 Å². The number of carboxylic acid groups (broad SMARTS) is 1. The number of carbonyl (C=O) groups is 3. The van der Waals surface area contributed by atoms with E-state index in [0.29, 0.717) is 12.8 Å². The van der Waals surface area contributed by atoms with Gasteiger partial charge in [0.15, 0.2) is 6.10 Å². The lowest BCUT2D eigenvalue weighted by Crippen LogP contribution is -2.34. The number of hydrogen-bond acceptors (Lipinski definition) is 9. The maximum absolute atomic E-state index is 12.6. The first kappa shape index (κ1) is 54.1. The fourth-order valence-corrected chi connectivity index (χ4v) is 5.56. The molecule has 0 aromatic heterocycles. The lowest BCUT2D eigenvalue weighted by atomic mass is 10.1. The Morgan fingerprint density at radius 1 is 0.534 bits per heavy atom. The zero-order valence-electron chi connectivity index (χ0n) is 35.1. The van der Waals surface area contributed by atoms with Crippen molar-refractivity contribution in [2.45, 2.75) is 142 Å². The van der Waals surface area contributed by atoms with E-state index in [1.54, 1.807) is 0 Å². The molecule has 0 fully saturated rings. The lowest BCUT2D eigenvalue weighted by Gasteiger charge is -2.20. The third kappa shape index (κ3) is 39.0. The van der Waals surface area contributed by atoms with Gasteiger partial charge in [-0.25, -0.2) is 4.57 Å². The van der Waals surface area contributed by atoms with Crippen molar-refractivity contribution in [2.75, 3.05) is 19.8 Å². The first-order valence-corrected chi connectivity index (χ1v) is 22.4. The number of esters is 2. The van der Waals surface area contributed by atoms with Crippen molar-refractivity contribution in [3.05, 3.63) is 109 Å². The minimum Gasteiger partial charge on any atom is -0.480 e. The molecule has 0 amide bonds. The Labute approximate surface area is 348 Å². The minimum absolute atomic E-state index is 0.0939. The predicted octanol–water partition coefficient (Wildman–Crippen LogP) is 11.1. The topological polar surface area (TPSA) is 172 Å². The Hall–Kier alpha value is -3.86. The summed E-state index contributed by atoms with van der Waals surface area (Å²) in [5, 5.41) is 8.88. The summed E-state index contributed by atoms with van der Waals surface area (Å²) >= 11 is 0. The van der Waals surface area contributed by atoms with Crippen molar-refractivity contribution in [1.82, 2.24) is 0 Å². The third-order valence-electron chi connectivity index (χ3n) is 8.02. The third-order valence-corrected chi connectivity index (χ3v) is 8.97. The highest BCUT2D eigenvalue weighted by molar-refractivity contribution is 7.47. The van der Waals surface area contributed by atoms with Crippen LogP contribution in [0.1, 0.15) is 129 Å². The van der Waals surface area contributed by atoms with E-state index in [1.807, 2.05) is 0 Å².